The monoisotopic (exact) mass is 974 g/mol. The molecule has 2 bridgehead atoms. The molecule has 1 fully saturated rings. The maximum atomic E-state index is 16.4. The lowest BCUT2D eigenvalue weighted by Crippen LogP contribution is -2.51. The van der Waals surface area contributed by atoms with Crippen LogP contribution in [-0.4, -0.2) is 85.9 Å². The zero-order valence-electron chi connectivity index (χ0n) is 41.1. The van der Waals surface area contributed by atoms with Crippen LogP contribution in [0.15, 0.2) is 109 Å². The normalized spacial score (nSPS) is 26.2. The molecule has 72 heavy (non-hydrogen) atoms. The zero-order chi connectivity index (χ0) is 50.3. The smallest absolute Gasteiger partial charge is 0.200 e. The number of hydrogen-bond donors (Lipinski definition) is 9. The first-order valence-electron chi connectivity index (χ1n) is 25.4. The number of methoxy groups -OCH3 is 1. The second-order valence-corrected chi connectivity index (χ2v) is 21.0. The minimum Gasteiger partial charge on any atom is -0.508 e. The van der Waals surface area contributed by atoms with Gasteiger partial charge in [-0.05, 0) is 176 Å². The number of aliphatic hydroxyl groups excluding tert-OH is 2. The zero-order valence-corrected chi connectivity index (χ0v) is 41.1. The summed E-state index contributed by atoms with van der Waals surface area (Å²) in [4.78, 5) is 24.7. The number of anilines is 2. The number of Topliss-reactive ketones (excluding diaryl/α,β-unsaturated/α-hetero) is 1. The molecule has 376 valence electrons. The third kappa shape index (κ3) is 9.18. The molecule has 4 aliphatic rings. The molecular weight excluding hydrogens is 909 g/mol. The average molecular weight is 975 g/mol. The second kappa shape index (κ2) is 20.0. The summed E-state index contributed by atoms with van der Waals surface area (Å²) < 4.78 is 11.8. The number of H-pyrrole nitrogens is 1. The Hall–Kier alpha value is -6.80. The number of aliphatic hydroxyl groups is 2. The van der Waals surface area contributed by atoms with Gasteiger partial charge in [-0.2, -0.15) is 0 Å². The van der Waals surface area contributed by atoms with Crippen molar-refractivity contribution in [2.75, 3.05) is 32.6 Å². The van der Waals surface area contributed by atoms with E-state index in [1.54, 1.807) is 42.6 Å². The molecule has 9 N–H and O–H groups in total. The number of nitrogens with zero attached hydrogens (tertiary/aromatic N) is 1. The van der Waals surface area contributed by atoms with Gasteiger partial charge in [0.05, 0.1) is 31.8 Å². The number of fused-ring (bicyclic) bond motifs is 3. The molecule has 13 nitrogen and oxygen atoms in total. The highest BCUT2D eigenvalue weighted by Gasteiger charge is 2.58. The van der Waals surface area contributed by atoms with E-state index in [0.717, 1.165) is 57.2 Å². The Labute approximate surface area is 420 Å². The molecule has 3 heterocycles. The molecule has 0 radical (unpaired) electrons. The highest BCUT2D eigenvalue weighted by atomic mass is 16.5. The molecule has 10 rings (SSSR count). The van der Waals surface area contributed by atoms with E-state index in [2.05, 4.69) is 40.8 Å². The number of carbonyl (C=O) groups excluding carboxylic acids is 1. The number of ketones is 1. The van der Waals surface area contributed by atoms with Crippen molar-refractivity contribution in [2.45, 2.75) is 93.7 Å². The average Bonchev–Trinajstić information content (AvgIpc) is 4.00. The Balaban J connectivity index is 1.18. The van der Waals surface area contributed by atoms with Gasteiger partial charge in [0.15, 0.2) is 23.0 Å². The molecule has 0 amide bonds. The minimum absolute atomic E-state index is 0.00553. The Bertz CT molecular complexity index is 3030. The Kier molecular flexibility index (Phi) is 13.6. The van der Waals surface area contributed by atoms with Gasteiger partial charge in [-0.25, -0.2) is 4.98 Å². The fourth-order valence-electron chi connectivity index (χ4n) is 13.1. The second-order valence-electron chi connectivity index (χ2n) is 21.0. The maximum absolute atomic E-state index is 16.4. The van der Waals surface area contributed by atoms with E-state index in [9.17, 15) is 30.6 Å². The van der Waals surface area contributed by atoms with Crippen molar-refractivity contribution >= 4 is 34.1 Å². The molecule has 2 aromatic heterocycles. The van der Waals surface area contributed by atoms with Crippen molar-refractivity contribution in [1.82, 2.24) is 15.3 Å². The number of aryl methyl sites for hydroxylation is 1. The SMILES string of the molecule is CNC[C@@]12C=Cc3cc(O)cc4ccc(c1c34)Nc1cc(ccn1)[C@]1(CC[C@@H](O)[C@H]1Cc1ccc[nH]1)[C@@H]([C@H](O)CCc1ccc(O)c(OC)c1)C(=O)C[C@H](c1cc(O)c(O)c(OC[C@@H]3C=CC[C@H](C)C3)c1)C2. The third-order valence-corrected chi connectivity index (χ3v) is 16.3. The number of aromatic nitrogens is 2. The van der Waals surface area contributed by atoms with Gasteiger partial charge < -0.3 is 55.7 Å². The van der Waals surface area contributed by atoms with Gasteiger partial charge in [0.2, 0.25) is 5.75 Å². The molecule has 0 saturated heterocycles. The number of phenolic OH excluding ortho intramolecular Hbond substituents is 4. The highest BCUT2D eigenvalue weighted by molar-refractivity contribution is 6.01. The standard InChI is InChI=1S/C59H66N4O9/c1-34-6-4-7-36(22-34)32-72-52-28-39(26-50(69)57(52)70)40-27-49(68)56(48(67)14-10-35-9-13-47(66)51(23-35)71-3)59(19-16-46(65)44(59)30-42-8-5-20-61-42)41-17-21-62-53(29-41)63-45-12-11-37-24-43(64)25-38-15-18-58(31-40,33-60-2)55(45)54(37)38/h4-5,7-9,11-13,15,17-18,20-21,23-26,28-29,34,36,40,44,46,48,56,60-61,64-67,69-70H,6,10,14,16,19,22,27,30-33H2,1-3H3,(H,62,63)/t34-,36+,40-,44+,46+,48+,56-,58-,59-/m0/s1. The van der Waals surface area contributed by atoms with Gasteiger partial charge in [-0.3, -0.25) is 4.79 Å². The van der Waals surface area contributed by atoms with Crippen LogP contribution in [0.3, 0.4) is 0 Å². The van der Waals surface area contributed by atoms with Crippen LogP contribution < -0.4 is 20.1 Å². The molecule has 1 spiro atoms. The highest BCUT2D eigenvalue weighted by Crippen LogP contribution is 2.57. The van der Waals surface area contributed by atoms with Gasteiger partial charge in [-0.15, -0.1) is 0 Å². The molecule has 3 aliphatic carbocycles. The van der Waals surface area contributed by atoms with Crippen LogP contribution in [0.25, 0.3) is 16.8 Å². The van der Waals surface area contributed by atoms with Crippen LogP contribution in [0.1, 0.15) is 91.3 Å². The Morgan fingerprint density at radius 2 is 1.85 bits per heavy atom. The van der Waals surface area contributed by atoms with Crippen molar-refractivity contribution in [3.8, 4) is 34.5 Å². The van der Waals surface area contributed by atoms with E-state index in [1.165, 1.54) is 13.2 Å². The number of carbonyl (C=O) groups is 1. The van der Waals surface area contributed by atoms with Crippen molar-refractivity contribution in [3.63, 3.8) is 0 Å². The Morgan fingerprint density at radius 3 is 2.64 bits per heavy atom. The van der Waals surface area contributed by atoms with E-state index in [0.29, 0.717) is 61.7 Å². The van der Waals surface area contributed by atoms with Gasteiger partial charge in [0.25, 0.3) is 0 Å². The Morgan fingerprint density at radius 1 is 0.986 bits per heavy atom. The minimum atomic E-state index is -1.22. The summed E-state index contributed by atoms with van der Waals surface area (Å²) in [6.45, 7) is 2.91. The van der Waals surface area contributed by atoms with Crippen molar-refractivity contribution in [2.24, 2.45) is 23.7 Å². The van der Waals surface area contributed by atoms with Crippen LogP contribution >= 0.6 is 0 Å². The van der Waals surface area contributed by atoms with Crippen LogP contribution in [0.2, 0.25) is 0 Å². The lowest BCUT2D eigenvalue weighted by molar-refractivity contribution is -0.132. The predicted octanol–water partition coefficient (Wildman–Crippen LogP) is 9.61. The number of benzene rings is 4. The number of ether oxygens (including phenoxy) is 2. The van der Waals surface area contributed by atoms with Crippen LogP contribution in [0.4, 0.5) is 11.5 Å². The van der Waals surface area contributed by atoms with Crippen molar-refractivity contribution in [3.05, 3.63) is 143 Å². The van der Waals surface area contributed by atoms with E-state index >= 15 is 4.79 Å². The number of rotatable bonds is 13. The van der Waals surface area contributed by atoms with E-state index in [-0.39, 0.29) is 59.9 Å². The third-order valence-electron chi connectivity index (χ3n) is 16.3. The quantitative estimate of drug-likeness (QED) is 0.0392. The first-order chi connectivity index (χ1) is 34.8. The number of nitrogens with one attached hydrogen (secondary N) is 3. The summed E-state index contributed by atoms with van der Waals surface area (Å²) >= 11 is 0. The number of pyridine rings is 1. The summed E-state index contributed by atoms with van der Waals surface area (Å²) in [6.07, 6.45) is 13.8. The molecule has 13 heteroatoms. The van der Waals surface area contributed by atoms with Gasteiger partial charge in [-0.1, -0.05) is 43.4 Å². The summed E-state index contributed by atoms with van der Waals surface area (Å²) in [5, 5.41) is 78.8. The fourth-order valence-corrected chi connectivity index (χ4v) is 13.1. The number of allylic oxidation sites excluding steroid dienone is 1. The van der Waals surface area contributed by atoms with Crippen molar-refractivity contribution < 1.29 is 44.9 Å². The first-order valence-corrected chi connectivity index (χ1v) is 25.4. The number of likely N-dealkylation sites (N-methyl/N-ethyl adjacent to an activating group) is 1. The summed E-state index contributed by atoms with van der Waals surface area (Å²) in [5.74, 6) is -1.55. The fraction of sp³-hybridized carbons (Fsp3) is 0.390. The predicted molar refractivity (Wildman–Crippen MR) is 278 cm³/mol. The first kappa shape index (κ1) is 48.8. The molecule has 9 atom stereocenters. The van der Waals surface area contributed by atoms with Gasteiger partial charge in [0, 0.05) is 59.4 Å². The van der Waals surface area contributed by atoms with Gasteiger partial charge in [0.1, 0.15) is 17.4 Å². The molecule has 4 aromatic carbocycles. The molecular formula is C59H66N4O9. The number of aromatic hydroxyl groups is 4. The topological polar surface area (TPSA) is 210 Å². The number of hydrogen-bond acceptors (Lipinski definition) is 12. The van der Waals surface area contributed by atoms with Gasteiger partial charge >= 0.3 is 0 Å². The molecule has 6 aromatic rings. The van der Waals surface area contributed by atoms with E-state index in [4.69, 9.17) is 14.5 Å². The molecule has 0 unspecified atom stereocenters. The van der Waals surface area contributed by atoms with E-state index in [1.807, 2.05) is 55.7 Å². The number of aromatic amines is 1. The largest absolute Gasteiger partial charge is 0.508 e. The molecule has 1 aliphatic heterocycles. The summed E-state index contributed by atoms with van der Waals surface area (Å²) in [7, 11) is 3.38. The van der Waals surface area contributed by atoms with Crippen LogP contribution in [0, 0.1) is 23.7 Å². The lowest BCUT2D eigenvalue weighted by atomic mass is 9.58. The van der Waals surface area contributed by atoms with Crippen molar-refractivity contribution in [1.29, 1.82) is 0 Å². The number of phenols is 4. The lowest BCUT2D eigenvalue weighted by Gasteiger charge is -2.45. The van der Waals surface area contributed by atoms with E-state index < -0.39 is 40.8 Å². The summed E-state index contributed by atoms with van der Waals surface area (Å²) in [6, 6.07) is 23.7. The summed E-state index contributed by atoms with van der Waals surface area (Å²) in [5.41, 5.74) is 3.63. The van der Waals surface area contributed by atoms with Crippen LogP contribution in [-0.2, 0) is 28.5 Å². The maximum Gasteiger partial charge on any atom is 0.200 e. The molecule has 1 saturated carbocycles. The van der Waals surface area contributed by atoms with Crippen LogP contribution in [0.5, 0.6) is 34.5 Å².